The van der Waals surface area contributed by atoms with Gasteiger partial charge in [0.1, 0.15) is 0 Å². The van der Waals surface area contributed by atoms with Crippen molar-refractivity contribution in [1.82, 2.24) is 0 Å². The Labute approximate surface area is 106 Å². The maximum atomic E-state index is 6.08. The molecular formula is C14H17NOS. The van der Waals surface area contributed by atoms with Crippen molar-refractivity contribution in [2.45, 2.75) is 24.3 Å². The molecule has 0 radical (unpaired) electrons. The summed E-state index contributed by atoms with van der Waals surface area (Å²) in [6.07, 6.45) is 4.32. The van der Waals surface area contributed by atoms with Crippen LogP contribution in [0.4, 0.5) is 0 Å². The minimum Gasteiger partial charge on any atom is -0.472 e. The Morgan fingerprint density at radius 1 is 1.24 bits per heavy atom. The van der Waals surface area contributed by atoms with Crippen LogP contribution in [0.15, 0.2) is 52.2 Å². The van der Waals surface area contributed by atoms with Crippen molar-refractivity contribution in [3.63, 3.8) is 0 Å². The molecule has 2 N–H and O–H groups in total. The summed E-state index contributed by atoms with van der Waals surface area (Å²) in [5, 5.41) is 0. The summed E-state index contributed by atoms with van der Waals surface area (Å²) in [7, 11) is 0. The van der Waals surface area contributed by atoms with Gasteiger partial charge < -0.3 is 10.2 Å². The lowest BCUT2D eigenvalue weighted by Gasteiger charge is -2.09. The fourth-order valence-electron chi connectivity index (χ4n) is 1.61. The van der Waals surface area contributed by atoms with Crippen LogP contribution in [0.25, 0.3) is 0 Å². The first-order valence-corrected chi connectivity index (χ1v) is 6.69. The van der Waals surface area contributed by atoms with E-state index in [1.165, 1.54) is 16.0 Å². The van der Waals surface area contributed by atoms with E-state index in [4.69, 9.17) is 10.2 Å². The van der Waals surface area contributed by atoms with E-state index in [0.717, 1.165) is 12.2 Å². The number of aryl methyl sites for hydroxylation is 1. The highest BCUT2D eigenvalue weighted by Crippen LogP contribution is 2.19. The monoisotopic (exact) mass is 247 g/mol. The van der Waals surface area contributed by atoms with Gasteiger partial charge in [0.25, 0.3) is 0 Å². The molecule has 1 atom stereocenters. The number of thioether (sulfide) groups is 1. The van der Waals surface area contributed by atoms with E-state index in [9.17, 15) is 0 Å². The molecule has 0 saturated heterocycles. The second-order valence-corrected chi connectivity index (χ2v) is 5.31. The third-order valence-electron chi connectivity index (χ3n) is 2.56. The number of furan rings is 1. The molecule has 0 aliphatic carbocycles. The highest BCUT2D eigenvalue weighted by Gasteiger charge is 2.06. The molecule has 17 heavy (non-hydrogen) atoms. The molecular weight excluding hydrogens is 230 g/mol. The van der Waals surface area contributed by atoms with Crippen LogP contribution in [0.2, 0.25) is 0 Å². The standard InChI is InChI=1S/C14H17NOS/c1-11-2-4-14(5-3-11)17-10-13(15)8-12-6-7-16-9-12/h2-7,9,13H,8,10,15H2,1H3. The van der Waals surface area contributed by atoms with E-state index in [-0.39, 0.29) is 6.04 Å². The lowest BCUT2D eigenvalue weighted by atomic mass is 10.1. The quantitative estimate of drug-likeness (QED) is 0.824. The number of nitrogens with two attached hydrogens (primary N) is 1. The molecule has 0 spiro atoms. The molecule has 1 aromatic heterocycles. The third-order valence-corrected chi connectivity index (χ3v) is 3.76. The number of rotatable bonds is 5. The van der Waals surface area contributed by atoms with Crippen molar-refractivity contribution in [2.24, 2.45) is 5.73 Å². The number of hydrogen-bond acceptors (Lipinski definition) is 3. The summed E-state index contributed by atoms with van der Waals surface area (Å²) in [6, 6.07) is 10.7. The molecule has 1 aromatic carbocycles. The molecule has 2 nitrogen and oxygen atoms in total. The van der Waals surface area contributed by atoms with Crippen molar-refractivity contribution in [2.75, 3.05) is 5.75 Å². The Bertz CT molecular complexity index is 436. The molecule has 0 saturated carbocycles. The van der Waals surface area contributed by atoms with Crippen molar-refractivity contribution in [3.05, 3.63) is 54.0 Å². The summed E-state index contributed by atoms with van der Waals surface area (Å²) in [5.74, 6) is 0.925. The molecule has 0 amide bonds. The van der Waals surface area contributed by atoms with Crippen LogP contribution in [-0.4, -0.2) is 11.8 Å². The van der Waals surface area contributed by atoms with E-state index < -0.39 is 0 Å². The fourth-order valence-corrected chi connectivity index (χ4v) is 2.46. The summed E-state index contributed by atoms with van der Waals surface area (Å²) in [4.78, 5) is 1.28. The zero-order valence-electron chi connectivity index (χ0n) is 9.93. The van der Waals surface area contributed by atoms with Gasteiger partial charge in [-0.05, 0) is 37.1 Å². The van der Waals surface area contributed by atoms with Gasteiger partial charge in [0.05, 0.1) is 12.5 Å². The molecule has 90 valence electrons. The van der Waals surface area contributed by atoms with Gasteiger partial charge in [-0.25, -0.2) is 0 Å². The minimum atomic E-state index is 0.166. The van der Waals surface area contributed by atoms with Crippen LogP contribution in [0.1, 0.15) is 11.1 Å². The average Bonchev–Trinajstić information content (AvgIpc) is 2.81. The normalized spacial score (nSPS) is 12.6. The third kappa shape index (κ3) is 3.95. The molecule has 0 bridgehead atoms. The van der Waals surface area contributed by atoms with E-state index in [1.54, 1.807) is 24.3 Å². The van der Waals surface area contributed by atoms with Crippen LogP contribution in [0, 0.1) is 6.92 Å². The van der Waals surface area contributed by atoms with Crippen molar-refractivity contribution in [3.8, 4) is 0 Å². The minimum absolute atomic E-state index is 0.166. The summed E-state index contributed by atoms with van der Waals surface area (Å²) in [5.41, 5.74) is 8.54. The molecule has 0 aliphatic rings. The van der Waals surface area contributed by atoms with E-state index >= 15 is 0 Å². The zero-order chi connectivity index (χ0) is 12.1. The van der Waals surface area contributed by atoms with Crippen LogP contribution in [0.5, 0.6) is 0 Å². The first kappa shape index (κ1) is 12.3. The maximum Gasteiger partial charge on any atom is 0.0935 e. The van der Waals surface area contributed by atoms with E-state index in [2.05, 4.69) is 31.2 Å². The van der Waals surface area contributed by atoms with Crippen LogP contribution < -0.4 is 5.73 Å². The van der Waals surface area contributed by atoms with Gasteiger partial charge >= 0.3 is 0 Å². The second kappa shape index (κ2) is 5.94. The molecule has 2 rings (SSSR count). The SMILES string of the molecule is Cc1ccc(SCC(N)Cc2ccoc2)cc1. The average molecular weight is 247 g/mol. The van der Waals surface area contributed by atoms with Crippen molar-refractivity contribution in [1.29, 1.82) is 0 Å². The molecule has 2 aromatic rings. The van der Waals surface area contributed by atoms with E-state index in [0.29, 0.717) is 0 Å². The first-order chi connectivity index (χ1) is 8.24. The van der Waals surface area contributed by atoms with Gasteiger partial charge in [0, 0.05) is 16.7 Å². The summed E-state index contributed by atoms with van der Waals surface area (Å²) >= 11 is 1.80. The zero-order valence-corrected chi connectivity index (χ0v) is 10.7. The Kier molecular flexibility index (Phi) is 4.29. The molecule has 3 heteroatoms. The molecule has 0 fully saturated rings. The second-order valence-electron chi connectivity index (χ2n) is 4.22. The van der Waals surface area contributed by atoms with Crippen LogP contribution in [-0.2, 0) is 6.42 Å². The molecule has 1 heterocycles. The molecule has 1 unspecified atom stereocenters. The van der Waals surface area contributed by atoms with E-state index in [1.807, 2.05) is 6.07 Å². The molecule has 0 aliphatic heterocycles. The van der Waals surface area contributed by atoms with Crippen LogP contribution >= 0.6 is 11.8 Å². The fraction of sp³-hybridized carbons (Fsp3) is 0.286. The lowest BCUT2D eigenvalue weighted by Crippen LogP contribution is -2.25. The van der Waals surface area contributed by atoms with Gasteiger partial charge in [-0.3, -0.25) is 0 Å². The Morgan fingerprint density at radius 2 is 2.00 bits per heavy atom. The van der Waals surface area contributed by atoms with Gasteiger partial charge in [0.2, 0.25) is 0 Å². The first-order valence-electron chi connectivity index (χ1n) is 5.70. The summed E-state index contributed by atoms with van der Waals surface area (Å²) in [6.45, 7) is 2.10. The highest BCUT2D eigenvalue weighted by atomic mass is 32.2. The predicted molar refractivity (Wildman–Crippen MR) is 72.3 cm³/mol. The number of benzene rings is 1. The largest absolute Gasteiger partial charge is 0.472 e. The number of hydrogen-bond donors (Lipinski definition) is 1. The van der Waals surface area contributed by atoms with Crippen molar-refractivity contribution >= 4 is 11.8 Å². The predicted octanol–water partition coefficient (Wildman–Crippen LogP) is 3.25. The van der Waals surface area contributed by atoms with Gasteiger partial charge in [-0.1, -0.05) is 17.7 Å². The smallest absolute Gasteiger partial charge is 0.0935 e. The van der Waals surface area contributed by atoms with Crippen molar-refractivity contribution < 1.29 is 4.42 Å². The Hall–Kier alpha value is -1.19. The van der Waals surface area contributed by atoms with Gasteiger partial charge in [-0.2, -0.15) is 0 Å². The van der Waals surface area contributed by atoms with Gasteiger partial charge in [0.15, 0.2) is 0 Å². The Balaban J connectivity index is 1.79. The topological polar surface area (TPSA) is 39.2 Å². The Morgan fingerprint density at radius 3 is 2.65 bits per heavy atom. The van der Waals surface area contributed by atoms with Gasteiger partial charge in [-0.15, -0.1) is 11.8 Å². The highest BCUT2D eigenvalue weighted by molar-refractivity contribution is 7.99. The maximum absolute atomic E-state index is 6.08. The van der Waals surface area contributed by atoms with Crippen LogP contribution in [0.3, 0.4) is 0 Å². The lowest BCUT2D eigenvalue weighted by molar-refractivity contribution is 0.562. The summed E-state index contributed by atoms with van der Waals surface area (Å²) < 4.78 is 5.03.